The molecule has 0 aliphatic carbocycles. The molecule has 1 atom stereocenters. The van der Waals surface area contributed by atoms with Gasteiger partial charge in [0.05, 0.1) is 0 Å². The lowest BCUT2D eigenvalue weighted by atomic mass is 10.3. The Morgan fingerprint density at radius 3 is 1.93 bits per heavy atom. The largest absolute Gasteiger partial charge is 0.473 e. The number of rotatable bonds is 7. The standard InChI is InChI=1S/C18H21ClN2OS.C2H2O4/c1-3-21(4-2)18(23-16-12-10-14(19)11-13-16)17(22)20-15-8-6-5-7-9-15;3-1(4)2(5)6/h5-13,18H,3-4H2,1-2H3,(H,20,22);(H,3,4)(H,5,6). The third kappa shape index (κ3) is 8.99. The number of likely N-dealkylation sites (N-methyl/N-ethyl adjacent to an activating group) is 1. The molecule has 3 N–H and O–H groups in total. The summed E-state index contributed by atoms with van der Waals surface area (Å²) in [6, 6.07) is 17.1. The van der Waals surface area contributed by atoms with Gasteiger partial charge in [-0.25, -0.2) is 9.59 Å². The van der Waals surface area contributed by atoms with E-state index in [9.17, 15) is 4.79 Å². The second-order valence-electron chi connectivity index (χ2n) is 5.61. The van der Waals surface area contributed by atoms with Crippen LogP contribution in [0.2, 0.25) is 5.02 Å². The van der Waals surface area contributed by atoms with Gasteiger partial charge in [-0.15, -0.1) is 0 Å². The normalized spacial score (nSPS) is 11.2. The van der Waals surface area contributed by atoms with E-state index in [-0.39, 0.29) is 11.3 Å². The maximum Gasteiger partial charge on any atom is 0.414 e. The molecule has 0 aliphatic rings. The molecule has 9 heteroatoms. The van der Waals surface area contributed by atoms with Crippen LogP contribution in [0.3, 0.4) is 0 Å². The number of carboxylic acid groups (broad SMARTS) is 2. The highest BCUT2D eigenvalue weighted by Crippen LogP contribution is 2.28. The monoisotopic (exact) mass is 438 g/mol. The fourth-order valence-corrected chi connectivity index (χ4v) is 3.51. The van der Waals surface area contributed by atoms with Crippen LogP contribution in [0.15, 0.2) is 59.5 Å². The zero-order valence-corrected chi connectivity index (χ0v) is 17.6. The van der Waals surface area contributed by atoms with Crippen molar-refractivity contribution in [3.63, 3.8) is 0 Å². The van der Waals surface area contributed by atoms with Gasteiger partial charge < -0.3 is 15.5 Å². The number of thioether (sulfide) groups is 1. The van der Waals surface area contributed by atoms with E-state index >= 15 is 0 Å². The van der Waals surface area contributed by atoms with Crippen LogP contribution >= 0.6 is 23.4 Å². The Hall–Kier alpha value is -2.55. The van der Waals surface area contributed by atoms with Crippen LogP contribution in [0, 0.1) is 0 Å². The number of nitrogens with one attached hydrogen (secondary N) is 1. The number of carboxylic acids is 2. The molecule has 0 saturated heterocycles. The Labute approximate surface area is 178 Å². The molecule has 156 valence electrons. The van der Waals surface area contributed by atoms with Crippen molar-refractivity contribution in [1.29, 1.82) is 0 Å². The van der Waals surface area contributed by atoms with Gasteiger partial charge in [-0.1, -0.05) is 55.4 Å². The van der Waals surface area contributed by atoms with Crippen molar-refractivity contribution < 1.29 is 24.6 Å². The predicted molar refractivity (Wildman–Crippen MR) is 114 cm³/mol. The van der Waals surface area contributed by atoms with Gasteiger partial charge in [0.15, 0.2) is 0 Å². The van der Waals surface area contributed by atoms with E-state index in [1.54, 1.807) is 0 Å². The van der Waals surface area contributed by atoms with Gasteiger partial charge in [0, 0.05) is 15.6 Å². The number of anilines is 1. The lowest BCUT2D eigenvalue weighted by Gasteiger charge is -2.28. The Balaban J connectivity index is 0.000000612. The van der Waals surface area contributed by atoms with Gasteiger partial charge in [-0.05, 0) is 49.5 Å². The Kier molecular flexibility index (Phi) is 10.8. The van der Waals surface area contributed by atoms with Crippen LogP contribution in [-0.4, -0.2) is 51.4 Å². The average Bonchev–Trinajstić information content (AvgIpc) is 2.70. The molecule has 2 aromatic carbocycles. The molecule has 2 rings (SSSR count). The number of aliphatic carboxylic acids is 2. The van der Waals surface area contributed by atoms with Gasteiger partial charge in [0.2, 0.25) is 0 Å². The van der Waals surface area contributed by atoms with Crippen molar-refractivity contribution in [3.8, 4) is 0 Å². The first-order valence-corrected chi connectivity index (χ1v) is 10.0. The summed E-state index contributed by atoms with van der Waals surface area (Å²) in [4.78, 5) is 34.1. The second-order valence-corrected chi connectivity index (χ2v) is 7.20. The minimum Gasteiger partial charge on any atom is -0.473 e. The zero-order chi connectivity index (χ0) is 21.8. The first kappa shape index (κ1) is 24.5. The van der Waals surface area contributed by atoms with Gasteiger partial charge in [0.25, 0.3) is 5.91 Å². The highest BCUT2D eigenvalue weighted by molar-refractivity contribution is 8.00. The summed E-state index contributed by atoms with van der Waals surface area (Å²) in [6.07, 6.45) is 0. The SMILES string of the molecule is CCN(CC)C(Sc1ccc(Cl)cc1)C(=O)Nc1ccccc1.O=C(O)C(=O)O. The van der Waals surface area contributed by atoms with E-state index < -0.39 is 11.9 Å². The van der Waals surface area contributed by atoms with Gasteiger partial charge >= 0.3 is 11.9 Å². The summed E-state index contributed by atoms with van der Waals surface area (Å²) in [5, 5.41) is 18.2. The molecule has 0 spiro atoms. The summed E-state index contributed by atoms with van der Waals surface area (Å²) in [7, 11) is 0. The third-order valence-electron chi connectivity index (χ3n) is 3.65. The van der Waals surface area contributed by atoms with Crippen LogP contribution in [0.1, 0.15) is 13.8 Å². The van der Waals surface area contributed by atoms with Crippen molar-refractivity contribution in [3.05, 3.63) is 59.6 Å². The minimum atomic E-state index is -1.82. The average molecular weight is 439 g/mol. The number of hydrogen-bond acceptors (Lipinski definition) is 5. The van der Waals surface area contributed by atoms with E-state index in [2.05, 4.69) is 24.1 Å². The van der Waals surface area contributed by atoms with E-state index in [0.717, 1.165) is 23.7 Å². The molecule has 7 nitrogen and oxygen atoms in total. The third-order valence-corrected chi connectivity index (χ3v) is 5.19. The lowest BCUT2D eigenvalue weighted by molar-refractivity contribution is -0.159. The first-order valence-electron chi connectivity index (χ1n) is 8.76. The van der Waals surface area contributed by atoms with Crippen molar-refractivity contribution in [2.45, 2.75) is 24.1 Å². The Morgan fingerprint density at radius 2 is 1.48 bits per heavy atom. The van der Waals surface area contributed by atoms with Crippen LogP contribution in [0.25, 0.3) is 0 Å². The molecule has 29 heavy (non-hydrogen) atoms. The number of para-hydroxylation sites is 1. The maximum atomic E-state index is 12.7. The van der Waals surface area contributed by atoms with E-state index in [1.165, 1.54) is 11.8 Å². The van der Waals surface area contributed by atoms with E-state index in [4.69, 9.17) is 31.4 Å². The molecule has 0 aliphatic heterocycles. The summed E-state index contributed by atoms with van der Waals surface area (Å²) in [6.45, 7) is 5.75. The highest BCUT2D eigenvalue weighted by Gasteiger charge is 2.25. The van der Waals surface area contributed by atoms with E-state index in [0.29, 0.717) is 5.02 Å². The number of benzene rings is 2. The second kappa shape index (κ2) is 12.8. The van der Waals surface area contributed by atoms with Gasteiger partial charge in [-0.2, -0.15) is 0 Å². The van der Waals surface area contributed by atoms with Crippen LogP contribution in [-0.2, 0) is 14.4 Å². The van der Waals surface area contributed by atoms with Crippen LogP contribution < -0.4 is 5.32 Å². The minimum absolute atomic E-state index is 0.0140. The zero-order valence-electron chi connectivity index (χ0n) is 16.0. The molecule has 1 amide bonds. The summed E-state index contributed by atoms with van der Waals surface area (Å²) in [5.74, 6) is -3.66. The number of amides is 1. The number of carbonyl (C=O) groups excluding carboxylic acids is 1. The summed E-state index contributed by atoms with van der Waals surface area (Å²) < 4.78 is 0. The molecule has 0 heterocycles. The maximum absolute atomic E-state index is 12.7. The smallest absolute Gasteiger partial charge is 0.414 e. The molecule has 0 fully saturated rings. The molecule has 0 radical (unpaired) electrons. The van der Waals surface area contributed by atoms with Crippen LogP contribution in [0.4, 0.5) is 5.69 Å². The Bertz CT molecular complexity index is 786. The highest BCUT2D eigenvalue weighted by atomic mass is 35.5. The molecule has 0 bridgehead atoms. The fraction of sp³-hybridized carbons (Fsp3) is 0.250. The van der Waals surface area contributed by atoms with E-state index in [1.807, 2.05) is 54.6 Å². The quantitative estimate of drug-likeness (QED) is 0.342. The number of nitrogens with zero attached hydrogens (tertiary/aromatic N) is 1. The number of hydrogen-bond donors (Lipinski definition) is 3. The van der Waals surface area contributed by atoms with Gasteiger partial charge in [-0.3, -0.25) is 9.69 Å². The number of carbonyl (C=O) groups is 3. The first-order chi connectivity index (χ1) is 13.8. The van der Waals surface area contributed by atoms with Crippen molar-refractivity contribution in [2.24, 2.45) is 0 Å². The fourth-order valence-electron chi connectivity index (χ4n) is 2.22. The summed E-state index contributed by atoms with van der Waals surface area (Å²) >= 11 is 7.47. The Morgan fingerprint density at radius 1 is 0.966 bits per heavy atom. The molecule has 0 aromatic heterocycles. The topological polar surface area (TPSA) is 107 Å². The van der Waals surface area contributed by atoms with Crippen molar-refractivity contribution in [2.75, 3.05) is 18.4 Å². The predicted octanol–water partition coefficient (Wildman–Crippen LogP) is 3.89. The molecular formula is C20H23ClN2O5S. The van der Waals surface area contributed by atoms with Crippen molar-refractivity contribution in [1.82, 2.24) is 4.90 Å². The number of halogens is 1. The lowest BCUT2D eigenvalue weighted by Crippen LogP contribution is -2.41. The molecule has 0 saturated carbocycles. The summed E-state index contributed by atoms with van der Waals surface area (Å²) in [5.41, 5.74) is 0.811. The molecular weight excluding hydrogens is 416 g/mol. The molecule has 2 aromatic rings. The van der Waals surface area contributed by atoms with Crippen molar-refractivity contribution >= 4 is 46.9 Å². The molecule has 1 unspecified atom stereocenters. The van der Waals surface area contributed by atoms with Crippen LogP contribution in [0.5, 0.6) is 0 Å². The van der Waals surface area contributed by atoms with Gasteiger partial charge in [0.1, 0.15) is 5.37 Å².